The summed E-state index contributed by atoms with van der Waals surface area (Å²) in [5.74, 6) is 0.0456. The molecule has 8 nitrogen and oxygen atoms in total. The number of halogens is 3. The molecule has 2 aromatic carbocycles. The third-order valence-corrected chi connectivity index (χ3v) is 5.26. The lowest BCUT2D eigenvalue weighted by molar-refractivity contribution is -0.111. The normalized spacial score (nSPS) is 11.2. The van der Waals surface area contributed by atoms with Gasteiger partial charge in [-0.05, 0) is 31.2 Å². The number of anilines is 3. The van der Waals surface area contributed by atoms with E-state index in [1.165, 1.54) is 24.5 Å². The van der Waals surface area contributed by atoms with Crippen LogP contribution in [0.5, 0.6) is 5.75 Å². The number of carbonyl (C=O) groups is 1. The first-order chi connectivity index (χ1) is 17.0. The Morgan fingerprint density at radius 2 is 1.94 bits per heavy atom. The Balaban J connectivity index is 1.85. The smallest absolute Gasteiger partial charge is 0.248 e. The van der Waals surface area contributed by atoms with Crippen LogP contribution in [0.2, 0.25) is 5.02 Å². The van der Waals surface area contributed by atoms with E-state index >= 15 is 0 Å². The maximum Gasteiger partial charge on any atom is 0.248 e. The summed E-state index contributed by atoms with van der Waals surface area (Å²) in [7, 11) is 0. The molecule has 2 N–H and O–H groups in total. The molecule has 0 saturated heterocycles. The SMILES string of the molecule is CCOCCOCCOc1cc2ncnc(Nc3ccc(F)c(Cl)c3)c2cc1NC(=O)/C=C/CBr. The molecule has 0 aliphatic carbocycles. The zero-order valence-corrected chi connectivity index (χ0v) is 21.4. The van der Waals surface area contributed by atoms with Crippen LogP contribution in [0.1, 0.15) is 6.92 Å². The molecule has 0 saturated carbocycles. The van der Waals surface area contributed by atoms with Gasteiger partial charge in [-0.25, -0.2) is 14.4 Å². The van der Waals surface area contributed by atoms with E-state index in [4.69, 9.17) is 25.8 Å². The van der Waals surface area contributed by atoms with Gasteiger partial charge in [-0.3, -0.25) is 4.79 Å². The zero-order valence-electron chi connectivity index (χ0n) is 19.0. The maximum absolute atomic E-state index is 13.5. The number of nitrogens with one attached hydrogen (secondary N) is 2. The van der Waals surface area contributed by atoms with Crippen LogP contribution in [0.3, 0.4) is 0 Å². The van der Waals surface area contributed by atoms with Crippen molar-refractivity contribution in [3.63, 3.8) is 0 Å². The van der Waals surface area contributed by atoms with E-state index in [0.717, 1.165) is 0 Å². The van der Waals surface area contributed by atoms with Gasteiger partial charge >= 0.3 is 0 Å². The number of benzene rings is 2. The number of rotatable bonds is 13. The van der Waals surface area contributed by atoms with E-state index in [1.54, 1.807) is 24.3 Å². The molecule has 0 unspecified atom stereocenters. The van der Waals surface area contributed by atoms with Gasteiger partial charge in [0.2, 0.25) is 5.91 Å². The van der Waals surface area contributed by atoms with Crippen LogP contribution in [-0.2, 0) is 14.3 Å². The summed E-state index contributed by atoms with van der Waals surface area (Å²) in [5.41, 5.74) is 1.56. The fourth-order valence-corrected chi connectivity index (χ4v) is 3.38. The van der Waals surface area contributed by atoms with Gasteiger partial charge in [-0.2, -0.15) is 0 Å². The molecular weight excluding hydrogens is 543 g/mol. The van der Waals surface area contributed by atoms with Crippen molar-refractivity contribution in [2.24, 2.45) is 0 Å². The minimum Gasteiger partial charge on any atom is -0.489 e. The van der Waals surface area contributed by atoms with Crippen molar-refractivity contribution >= 4 is 61.5 Å². The Labute approximate surface area is 216 Å². The van der Waals surface area contributed by atoms with Crippen molar-refractivity contribution in [1.82, 2.24) is 9.97 Å². The first kappa shape index (κ1) is 26.8. The van der Waals surface area contributed by atoms with Crippen LogP contribution >= 0.6 is 27.5 Å². The second-order valence-electron chi connectivity index (χ2n) is 7.05. The largest absolute Gasteiger partial charge is 0.489 e. The first-order valence-electron chi connectivity index (χ1n) is 10.8. The Morgan fingerprint density at radius 1 is 1.14 bits per heavy atom. The van der Waals surface area contributed by atoms with E-state index in [-0.39, 0.29) is 17.5 Å². The van der Waals surface area contributed by atoms with Crippen molar-refractivity contribution in [1.29, 1.82) is 0 Å². The number of amides is 1. The molecule has 0 fully saturated rings. The van der Waals surface area contributed by atoms with Crippen molar-refractivity contribution in [3.05, 3.63) is 59.7 Å². The standard InChI is InChI=1S/C24H25BrClFN4O4/c1-2-33-8-9-34-10-11-35-22-14-20-17(13-21(22)31-23(32)4-3-7-25)24(29-15-28-20)30-16-5-6-19(27)18(26)12-16/h3-6,12-15H,2,7-11H2,1H3,(H,31,32)(H,28,29,30)/b4-3+. The summed E-state index contributed by atoms with van der Waals surface area (Å²) < 4.78 is 30.2. The van der Waals surface area contributed by atoms with Gasteiger partial charge in [0.15, 0.2) is 0 Å². The lowest BCUT2D eigenvalue weighted by atomic mass is 10.1. The van der Waals surface area contributed by atoms with Crippen molar-refractivity contribution in [3.8, 4) is 5.75 Å². The Hall–Kier alpha value is -2.79. The summed E-state index contributed by atoms with van der Waals surface area (Å²) in [5, 5.41) is 7.09. The predicted molar refractivity (Wildman–Crippen MR) is 139 cm³/mol. The summed E-state index contributed by atoms with van der Waals surface area (Å²) in [4.78, 5) is 21.0. The van der Waals surface area contributed by atoms with Crippen LogP contribution < -0.4 is 15.4 Å². The van der Waals surface area contributed by atoms with Crippen LogP contribution in [-0.4, -0.2) is 54.2 Å². The molecule has 186 valence electrons. The van der Waals surface area contributed by atoms with Gasteiger partial charge < -0.3 is 24.8 Å². The summed E-state index contributed by atoms with van der Waals surface area (Å²) in [6, 6.07) is 7.70. The van der Waals surface area contributed by atoms with Crippen LogP contribution in [0, 0.1) is 5.82 Å². The van der Waals surface area contributed by atoms with Gasteiger partial charge in [0, 0.05) is 35.2 Å². The minimum atomic E-state index is -0.519. The monoisotopic (exact) mass is 566 g/mol. The number of hydrogen-bond donors (Lipinski definition) is 2. The Bertz CT molecular complexity index is 1180. The van der Waals surface area contributed by atoms with E-state index in [1.807, 2.05) is 6.92 Å². The summed E-state index contributed by atoms with van der Waals surface area (Å²) in [6.07, 6.45) is 4.49. The van der Waals surface area contributed by atoms with E-state index in [9.17, 15) is 9.18 Å². The highest BCUT2D eigenvalue weighted by molar-refractivity contribution is 9.09. The molecule has 11 heteroatoms. The van der Waals surface area contributed by atoms with Gasteiger partial charge in [-0.1, -0.05) is 33.6 Å². The fourth-order valence-electron chi connectivity index (χ4n) is 3.01. The molecule has 0 radical (unpaired) electrons. The van der Waals surface area contributed by atoms with E-state index < -0.39 is 5.82 Å². The summed E-state index contributed by atoms with van der Waals surface area (Å²) in [6.45, 7) is 4.15. The fraction of sp³-hybridized carbons (Fsp3) is 0.292. The molecule has 3 rings (SSSR count). The predicted octanol–water partition coefficient (Wildman–Crippen LogP) is 5.49. The van der Waals surface area contributed by atoms with E-state index in [2.05, 4.69) is 36.5 Å². The van der Waals surface area contributed by atoms with Crippen molar-refractivity contribution in [2.75, 3.05) is 49.0 Å². The maximum atomic E-state index is 13.5. The van der Waals surface area contributed by atoms with Crippen molar-refractivity contribution < 1.29 is 23.4 Å². The second-order valence-corrected chi connectivity index (χ2v) is 8.10. The topological polar surface area (TPSA) is 94.6 Å². The Kier molecular flexibility index (Phi) is 10.7. The molecule has 1 aromatic heterocycles. The average Bonchev–Trinajstić information content (AvgIpc) is 2.85. The highest BCUT2D eigenvalue weighted by Gasteiger charge is 2.14. The number of alkyl halides is 1. The van der Waals surface area contributed by atoms with Gasteiger partial charge in [0.05, 0.1) is 36.0 Å². The van der Waals surface area contributed by atoms with Gasteiger partial charge in [0.1, 0.15) is 30.3 Å². The summed E-state index contributed by atoms with van der Waals surface area (Å²) >= 11 is 9.15. The molecule has 0 aliphatic heterocycles. The number of nitrogens with zero attached hydrogens (tertiary/aromatic N) is 2. The Morgan fingerprint density at radius 3 is 2.71 bits per heavy atom. The van der Waals surface area contributed by atoms with Crippen molar-refractivity contribution in [2.45, 2.75) is 6.92 Å². The molecular formula is C24H25BrClFN4O4. The average molecular weight is 568 g/mol. The highest BCUT2D eigenvalue weighted by atomic mass is 79.9. The molecule has 1 amide bonds. The number of hydrogen-bond acceptors (Lipinski definition) is 7. The molecule has 0 bridgehead atoms. The number of allylic oxidation sites excluding steroid dienone is 1. The third-order valence-electron chi connectivity index (χ3n) is 4.60. The lowest BCUT2D eigenvalue weighted by Gasteiger charge is -2.15. The van der Waals surface area contributed by atoms with Crippen LogP contribution in [0.15, 0.2) is 48.8 Å². The van der Waals surface area contributed by atoms with Gasteiger partial charge in [-0.15, -0.1) is 0 Å². The molecule has 35 heavy (non-hydrogen) atoms. The molecule has 0 spiro atoms. The number of ether oxygens (including phenoxy) is 3. The molecule has 1 heterocycles. The molecule has 3 aromatic rings. The lowest BCUT2D eigenvalue weighted by Crippen LogP contribution is -2.13. The minimum absolute atomic E-state index is 0.0148. The van der Waals surface area contributed by atoms with Crippen LogP contribution in [0.25, 0.3) is 10.9 Å². The molecule has 0 atom stereocenters. The highest BCUT2D eigenvalue weighted by Crippen LogP contribution is 2.34. The third kappa shape index (κ3) is 8.14. The quantitative estimate of drug-likeness (QED) is 0.160. The first-order valence-corrected chi connectivity index (χ1v) is 12.3. The van der Waals surface area contributed by atoms with Crippen LogP contribution in [0.4, 0.5) is 21.6 Å². The zero-order chi connectivity index (χ0) is 25.0. The number of carbonyl (C=O) groups excluding carboxylic acids is 1. The molecule has 0 aliphatic rings. The number of aromatic nitrogens is 2. The van der Waals surface area contributed by atoms with E-state index in [0.29, 0.717) is 65.6 Å². The second kappa shape index (κ2) is 13.9. The van der Waals surface area contributed by atoms with Gasteiger partial charge in [0.25, 0.3) is 0 Å². The number of fused-ring (bicyclic) bond motifs is 1.